The van der Waals surface area contributed by atoms with Crippen LogP contribution in [0, 0.1) is 5.82 Å². The smallest absolute Gasteiger partial charge is 0.186 e. The van der Waals surface area contributed by atoms with Crippen LogP contribution in [0.2, 0.25) is 0 Å². The minimum atomic E-state index is -0.279. The van der Waals surface area contributed by atoms with Crippen LogP contribution in [-0.2, 0) is 0 Å². The van der Waals surface area contributed by atoms with Crippen LogP contribution >= 0.6 is 12.2 Å². The summed E-state index contributed by atoms with van der Waals surface area (Å²) in [6.45, 7) is 1.78. The second-order valence-corrected chi connectivity index (χ2v) is 3.31. The van der Waals surface area contributed by atoms with Crippen molar-refractivity contribution in [2.75, 3.05) is 7.05 Å². The summed E-state index contributed by atoms with van der Waals surface area (Å²) in [5, 5.41) is 7.15. The number of rotatable bonds is 2. The SMILES string of the molecule is CNC(=S)N/N=C(\C)c1cccc(F)c1. The molecule has 0 unspecified atom stereocenters. The molecule has 0 radical (unpaired) electrons. The maximum atomic E-state index is 12.9. The summed E-state index contributed by atoms with van der Waals surface area (Å²) in [7, 11) is 1.70. The Kier molecular flexibility index (Phi) is 4.17. The van der Waals surface area contributed by atoms with Gasteiger partial charge in [0.2, 0.25) is 0 Å². The highest BCUT2D eigenvalue weighted by molar-refractivity contribution is 7.80. The average Bonchev–Trinajstić information content (AvgIpc) is 2.25. The summed E-state index contributed by atoms with van der Waals surface area (Å²) >= 11 is 4.85. The van der Waals surface area contributed by atoms with Crippen LogP contribution in [0.25, 0.3) is 0 Å². The molecule has 0 saturated carbocycles. The van der Waals surface area contributed by atoms with E-state index in [9.17, 15) is 4.39 Å². The van der Waals surface area contributed by atoms with E-state index in [0.29, 0.717) is 10.8 Å². The molecule has 80 valence electrons. The summed E-state index contributed by atoms with van der Waals surface area (Å²) in [5.41, 5.74) is 4.03. The Morgan fingerprint density at radius 3 is 2.80 bits per heavy atom. The third-order valence-corrected chi connectivity index (χ3v) is 2.09. The molecule has 0 saturated heterocycles. The summed E-state index contributed by atoms with van der Waals surface area (Å²) in [4.78, 5) is 0. The van der Waals surface area contributed by atoms with Gasteiger partial charge < -0.3 is 5.32 Å². The van der Waals surface area contributed by atoms with Gasteiger partial charge in [0, 0.05) is 12.6 Å². The lowest BCUT2D eigenvalue weighted by Crippen LogP contribution is -2.29. The van der Waals surface area contributed by atoms with Crippen LogP contribution < -0.4 is 10.7 Å². The number of hydrazone groups is 1. The summed E-state index contributed by atoms with van der Waals surface area (Å²) in [6, 6.07) is 6.23. The average molecular weight is 225 g/mol. The van der Waals surface area contributed by atoms with Crippen molar-refractivity contribution < 1.29 is 4.39 Å². The fourth-order valence-electron chi connectivity index (χ4n) is 0.969. The molecule has 0 atom stereocenters. The van der Waals surface area contributed by atoms with Crippen LogP contribution in [0.4, 0.5) is 4.39 Å². The van der Waals surface area contributed by atoms with Crippen molar-refractivity contribution in [3.8, 4) is 0 Å². The van der Waals surface area contributed by atoms with Crippen LogP contribution in [0.1, 0.15) is 12.5 Å². The van der Waals surface area contributed by atoms with E-state index in [4.69, 9.17) is 12.2 Å². The summed E-state index contributed by atoms with van der Waals surface area (Å²) in [6.07, 6.45) is 0. The zero-order valence-electron chi connectivity index (χ0n) is 8.54. The van der Waals surface area contributed by atoms with Gasteiger partial charge in [0.05, 0.1) is 5.71 Å². The van der Waals surface area contributed by atoms with E-state index in [1.807, 2.05) is 0 Å². The molecule has 0 aliphatic carbocycles. The van der Waals surface area contributed by atoms with Crippen molar-refractivity contribution in [3.63, 3.8) is 0 Å². The third-order valence-electron chi connectivity index (χ3n) is 1.79. The molecular formula is C10H12FN3S. The van der Waals surface area contributed by atoms with Crippen molar-refractivity contribution in [1.82, 2.24) is 10.7 Å². The number of hydrogen-bond donors (Lipinski definition) is 2. The normalized spacial score (nSPS) is 11.0. The Hall–Kier alpha value is -1.49. The molecule has 1 aromatic rings. The molecule has 0 aromatic heterocycles. The Morgan fingerprint density at radius 1 is 1.47 bits per heavy atom. The molecule has 0 bridgehead atoms. The van der Waals surface area contributed by atoms with E-state index in [-0.39, 0.29) is 5.82 Å². The zero-order valence-corrected chi connectivity index (χ0v) is 9.36. The fourth-order valence-corrected chi connectivity index (χ4v) is 1.01. The summed E-state index contributed by atoms with van der Waals surface area (Å²) < 4.78 is 12.9. The highest BCUT2D eigenvalue weighted by Crippen LogP contribution is 2.04. The molecule has 0 heterocycles. The highest BCUT2D eigenvalue weighted by atomic mass is 32.1. The Bertz CT molecular complexity index is 390. The molecule has 0 aliphatic rings. The van der Waals surface area contributed by atoms with E-state index in [1.165, 1.54) is 12.1 Å². The van der Waals surface area contributed by atoms with Gasteiger partial charge in [-0.3, -0.25) is 5.43 Å². The van der Waals surface area contributed by atoms with Gasteiger partial charge >= 0.3 is 0 Å². The van der Waals surface area contributed by atoms with Crippen LogP contribution in [0.3, 0.4) is 0 Å². The third kappa shape index (κ3) is 3.63. The van der Waals surface area contributed by atoms with Crippen LogP contribution in [-0.4, -0.2) is 17.9 Å². The Morgan fingerprint density at radius 2 is 2.20 bits per heavy atom. The van der Waals surface area contributed by atoms with Gasteiger partial charge in [-0.15, -0.1) is 0 Å². The van der Waals surface area contributed by atoms with Crippen molar-refractivity contribution in [2.45, 2.75) is 6.92 Å². The number of halogens is 1. The molecule has 15 heavy (non-hydrogen) atoms. The Labute approximate surface area is 93.4 Å². The van der Waals surface area contributed by atoms with Crippen molar-refractivity contribution in [1.29, 1.82) is 0 Å². The van der Waals surface area contributed by atoms with Crippen LogP contribution in [0.15, 0.2) is 29.4 Å². The molecule has 2 N–H and O–H groups in total. The molecule has 0 amide bonds. The van der Waals surface area contributed by atoms with Crippen molar-refractivity contribution in [3.05, 3.63) is 35.6 Å². The van der Waals surface area contributed by atoms with Gasteiger partial charge in [0.1, 0.15) is 5.82 Å². The molecule has 3 nitrogen and oxygen atoms in total. The molecular weight excluding hydrogens is 213 g/mol. The number of benzene rings is 1. The maximum Gasteiger partial charge on any atom is 0.186 e. The molecule has 5 heteroatoms. The quantitative estimate of drug-likeness (QED) is 0.456. The second-order valence-electron chi connectivity index (χ2n) is 2.90. The van der Waals surface area contributed by atoms with Gasteiger partial charge in [-0.25, -0.2) is 4.39 Å². The second kappa shape index (κ2) is 5.41. The number of hydrogen-bond acceptors (Lipinski definition) is 2. The van der Waals surface area contributed by atoms with Gasteiger partial charge in [0.15, 0.2) is 5.11 Å². The van der Waals surface area contributed by atoms with Crippen molar-refractivity contribution in [2.24, 2.45) is 5.10 Å². The topological polar surface area (TPSA) is 36.4 Å². The first kappa shape index (κ1) is 11.6. The standard InChI is InChI=1S/C10H12FN3S/c1-7(13-14-10(15)12-2)8-4-3-5-9(11)6-8/h3-6H,1-2H3,(H2,12,14,15)/b13-7+. The number of thiocarbonyl (C=S) groups is 1. The fraction of sp³-hybridized carbons (Fsp3) is 0.200. The number of nitrogens with one attached hydrogen (secondary N) is 2. The predicted octanol–water partition coefficient (Wildman–Crippen LogP) is 1.64. The minimum absolute atomic E-state index is 0.279. The lowest BCUT2D eigenvalue weighted by molar-refractivity contribution is 0.627. The predicted molar refractivity (Wildman–Crippen MR) is 63.4 cm³/mol. The van der Waals surface area contributed by atoms with E-state index in [0.717, 1.165) is 5.56 Å². The van der Waals surface area contributed by atoms with Gasteiger partial charge in [-0.1, -0.05) is 12.1 Å². The number of nitrogens with zero attached hydrogens (tertiary/aromatic N) is 1. The minimum Gasteiger partial charge on any atom is -0.364 e. The molecule has 0 fully saturated rings. The molecule has 0 aliphatic heterocycles. The summed E-state index contributed by atoms with van der Waals surface area (Å²) in [5.74, 6) is -0.279. The van der Waals surface area contributed by atoms with E-state index in [2.05, 4.69) is 15.8 Å². The van der Waals surface area contributed by atoms with Gasteiger partial charge in [-0.05, 0) is 31.3 Å². The highest BCUT2D eigenvalue weighted by Gasteiger charge is 1.98. The lowest BCUT2D eigenvalue weighted by Gasteiger charge is -2.03. The first-order chi connectivity index (χ1) is 7.13. The molecule has 1 rings (SSSR count). The lowest BCUT2D eigenvalue weighted by atomic mass is 10.1. The molecule has 0 spiro atoms. The molecule has 1 aromatic carbocycles. The van der Waals surface area contributed by atoms with Gasteiger partial charge in [0.25, 0.3) is 0 Å². The van der Waals surface area contributed by atoms with E-state index < -0.39 is 0 Å². The Balaban J connectivity index is 2.75. The first-order valence-electron chi connectivity index (χ1n) is 4.41. The van der Waals surface area contributed by atoms with Crippen LogP contribution in [0.5, 0.6) is 0 Å². The zero-order chi connectivity index (χ0) is 11.3. The van der Waals surface area contributed by atoms with Crippen molar-refractivity contribution >= 4 is 23.0 Å². The van der Waals surface area contributed by atoms with E-state index in [1.54, 1.807) is 26.1 Å². The first-order valence-corrected chi connectivity index (χ1v) is 4.82. The maximum absolute atomic E-state index is 12.9. The van der Waals surface area contributed by atoms with E-state index >= 15 is 0 Å². The monoisotopic (exact) mass is 225 g/mol. The van der Waals surface area contributed by atoms with Gasteiger partial charge in [-0.2, -0.15) is 5.10 Å². The largest absolute Gasteiger partial charge is 0.364 e.